The summed E-state index contributed by atoms with van der Waals surface area (Å²) in [5.41, 5.74) is 2.56. The van der Waals surface area contributed by atoms with E-state index in [1.807, 2.05) is 6.92 Å². The lowest BCUT2D eigenvalue weighted by molar-refractivity contribution is 0.0526. The zero-order chi connectivity index (χ0) is 18.7. The topological polar surface area (TPSA) is 58.6 Å². The fourth-order valence-electron chi connectivity index (χ4n) is 3.12. The van der Waals surface area contributed by atoms with Crippen LogP contribution in [0.3, 0.4) is 0 Å². The standard InChI is InChI=1S/C20H21FN2O3/c1-3-26-19(24)14-6-9-17(10-7-14)22-20(25)23-13(2)4-5-15-12-16(21)8-11-18(15)23/h6-13H,3-5H2,1-2H3,(H,22,25). The summed E-state index contributed by atoms with van der Waals surface area (Å²) in [5.74, 6) is -0.695. The molecule has 0 bridgehead atoms. The van der Waals surface area contributed by atoms with Gasteiger partial charge in [-0.3, -0.25) is 4.90 Å². The first kappa shape index (κ1) is 17.9. The number of aryl methyl sites for hydroxylation is 1. The van der Waals surface area contributed by atoms with Crippen LogP contribution in [0.5, 0.6) is 0 Å². The molecule has 1 aliphatic rings. The Hall–Kier alpha value is -2.89. The Bertz CT molecular complexity index is 820. The highest BCUT2D eigenvalue weighted by molar-refractivity contribution is 6.03. The number of nitrogens with one attached hydrogen (secondary N) is 1. The van der Waals surface area contributed by atoms with E-state index in [9.17, 15) is 14.0 Å². The van der Waals surface area contributed by atoms with E-state index < -0.39 is 5.97 Å². The van der Waals surface area contributed by atoms with Crippen molar-refractivity contribution in [1.82, 2.24) is 0 Å². The third-order valence-corrected chi connectivity index (χ3v) is 4.44. The van der Waals surface area contributed by atoms with Crippen LogP contribution in [-0.4, -0.2) is 24.6 Å². The first-order valence-electron chi connectivity index (χ1n) is 8.65. The number of fused-ring (bicyclic) bond motifs is 1. The molecule has 0 radical (unpaired) electrons. The van der Waals surface area contributed by atoms with E-state index in [4.69, 9.17) is 4.74 Å². The Balaban J connectivity index is 1.77. The van der Waals surface area contributed by atoms with Crippen LogP contribution >= 0.6 is 0 Å². The van der Waals surface area contributed by atoms with Gasteiger partial charge in [0.2, 0.25) is 0 Å². The maximum absolute atomic E-state index is 13.5. The van der Waals surface area contributed by atoms with Crippen LogP contribution in [0.4, 0.5) is 20.6 Å². The van der Waals surface area contributed by atoms with Crippen LogP contribution < -0.4 is 10.2 Å². The number of ether oxygens (including phenoxy) is 1. The maximum Gasteiger partial charge on any atom is 0.338 e. The fraction of sp³-hybridized carbons (Fsp3) is 0.300. The van der Waals surface area contributed by atoms with Crippen molar-refractivity contribution >= 4 is 23.4 Å². The van der Waals surface area contributed by atoms with Crippen molar-refractivity contribution in [3.05, 3.63) is 59.4 Å². The molecular formula is C20H21FN2O3. The number of esters is 1. The molecule has 0 saturated carbocycles. The van der Waals surface area contributed by atoms with E-state index in [0.717, 1.165) is 24.1 Å². The maximum atomic E-state index is 13.5. The average molecular weight is 356 g/mol. The summed E-state index contributed by atoms with van der Waals surface area (Å²) in [6.45, 7) is 4.02. The highest BCUT2D eigenvalue weighted by Crippen LogP contribution is 2.31. The highest BCUT2D eigenvalue weighted by atomic mass is 19.1. The lowest BCUT2D eigenvalue weighted by atomic mass is 9.97. The smallest absolute Gasteiger partial charge is 0.338 e. The summed E-state index contributed by atoms with van der Waals surface area (Å²) in [4.78, 5) is 26.1. The zero-order valence-electron chi connectivity index (χ0n) is 14.8. The first-order chi connectivity index (χ1) is 12.5. The van der Waals surface area contributed by atoms with Crippen molar-refractivity contribution in [1.29, 1.82) is 0 Å². The number of halogens is 1. The van der Waals surface area contributed by atoms with Crippen LogP contribution in [0.1, 0.15) is 36.2 Å². The molecule has 0 fully saturated rings. The number of rotatable bonds is 3. The summed E-state index contributed by atoms with van der Waals surface area (Å²) < 4.78 is 18.4. The number of hydrogen-bond donors (Lipinski definition) is 1. The van der Waals surface area contributed by atoms with Crippen LogP contribution in [0, 0.1) is 5.82 Å². The number of amides is 2. The Morgan fingerprint density at radius 1 is 1.23 bits per heavy atom. The second kappa shape index (κ2) is 7.56. The third kappa shape index (κ3) is 3.69. The minimum Gasteiger partial charge on any atom is -0.462 e. The van der Waals surface area contributed by atoms with E-state index in [1.54, 1.807) is 42.2 Å². The number of urea groups is 1. The molecule has 0 saturated heterocycles. The number of hydrogen-bond acceptors (Lipinski definition) is 3. The van der Waals surface area contributed by atoms with Crippen molar-refractivity contribution in [3.63, 3.8) is 0 Å². The van der Waals surface area contributed by atoms with E-state index in [-0.39, 0.29) is 17.9 Å². The predicted octanol–water partition coefficient (Wildman–Crippen LogP) is 4.38. The summed E-state index contributed by atoms with van der Waals surface area (Å²) >= 11 is 0. The Kier molecular flexibility index (Phi) is 5.21. The molecule has 1 N–H and O–H groups in total. The SMILES string of the molecule is CCOC(=O)c1ccc(NC(=O)N2c3ccc(F)cc3CCC2C)cc1. The van der Waals surface area contributed by atoms with Crippen LogP contribution in [-0.2, 0) is 11.2 Å². The molecule has 0 aliphatic carbocycles. The van der Waals surface area contributed by atoms with Gasteiger partial charge in [0.25, 0.3) is 0 Å². The molecule has 6 heteroatoms. The highest BCUT2D eigenvalue weighted by Gasteiger charge is 2.28. The minimum atomic E-state index is -0.397. The van der Waals surface area contributed by atoms with Gasteiger partial charge in [-0.2, -0.15) is 0 Å². The molecule has 1 unspecified atom stereocenters. The molecule has 2 amide bonds. The van der Waals surface area contributed by atoms with Gasteiger partial charge in [-0.1, -0.05) is 0 Å². The number of carbonyl (C=O) groups is 2. The van der Waals surface area contributed by atoms with Gasteiger partial charge >= 0.3 is 12.0 Å². The summed E-state index contributed by atoms with van der Waals surface area (Å²) in [5, 5.41) is 2.84. The molecule has 1 atom stereocenters. The first-order valence-corrected chi connectivity index (χ1v) is 8.65. The second-order valence-corrected chi connectivity index (χ2v) is 6.26. The number of benzene rings is 2. The van der Waals surface area contributed by atoms with Gasteiger partial charge in [-0.05, 0) is 74.7 Å². The van der Waals surface area contributed by atoms with Gasteiger partial charge in [0.1, 0.15) is 5.82 Å². The van der Waals surface area contributed by atoms with Crippen LogP contribution in [0.2, 0.25) is 0 Å². The van der Waals surface area contributed by atoms with E-state index >= 15 is 0 Å². The molecule has 2 aromatic rings. The van der Waals surface area contributed by atoms with E-state index in [2.05, 4.69) is 5.32 Å². The molecule has 1 heterocycles. The normalized spacial score (nSPS) is 16.0. The van der Waals surface area contributed by atoms with Gasteiger partial charge < -0.3 is 10.1 Å². The average Bonchev–Trinajstić information content (AvgIpc) is 2.62. The summed E-state index contributed by atoms with van der Waals surface area (Å²) in [7, 11) is 0. The quantitative estimate of drug-likeness (QED) is 0.831. The molecule has 1 aliphatic heterocycles. The fourth-order valence-corrected chi connectivity index (χ4v) is 3.12. The monoisotopic (exact) mass is 356 g/mol. The molecule has 0 spiro atoms. The van der Waals surface area contributed by atoms with Crippen molar-refractivity contribution < 1.29 is 18.7 Å². The minimum absolute atomic E-state index is 0.00627. The number of anilines is 2. The van der Waals surface area contributed by atoms with Gasteiger partial charge in [0.15, 0.2) is 0 Å². The largest absolute Gasteiger partial charge is 0.462 e. The molecule has 136 valence electrons. The van der Waals surface area contributed by atoms with Gasteiger partial charge in [-0.15, -0.1) is 0 Å². The van der Waals surface area contributed by atoms with Crippen molar-refractivity contribution in [2.24, 2.45) is 0 Å². The van der Waals surface area contributed by atoms with Crippen LogP contribution in [0.15, 0.2) is 42.5 Å². The van der Waals surface area contributed by atoms with Crippen molar-refractivity contribution in [3.8, 4) is 0 Å². The zero-order valence-corrected chi connectivity index (χ0v) is 14.8. The molecule has 26 heavy (non-hydrogen) atoms. The van der Waals surface area contributed by atoms with E-state index in [1.165, 1.54) is 12.1 Å². The second-order valence-electron chi connectivity index (χ2n) is 6.26. The lowest BCUT2D eigenvalue weighted by Gasteiger charge is -2.35. The van der Waals surface area contributed by atoms with E-state index in [0.29, 0.717) is 17.9 Å². The van der Waals surface area contributed by atoms with Gasteiger partial charge in [0, 0.05) is 17.4 Å². The molecule has 5 nitrogen and oxygen atoms in total. The van der Waals surface area contributed by atoms with Crippen molar-refractivity contribution in [2.75, 3.05) is 16.8 Å². The van der Waals surface area contributed by atoms with Crippen molar-refractivity contribution in [2.45, 2.75) is 32.7 Å². The predicted molar refractivity (Wildman–Crippen MR) is 98.1 cm³/mol. The Morgan fingerprint density at radius 2 is 1.96 bits per heavy atom. The molecule has 3 rings (SSSR count). The molecule has 2 aromatic carbocycles. The molecular weight excluding hydrogens is 335 g/mol. The third-order valence-electron chi connectivity index (χ3n) is 4.44. The van der Waals surface area contributed by atoms with Crippen LogP contribution in [0.25, 0.3) is 0 Å². The van der Waals surface area contributed by atoms with Gasteiger partial charge in [-0.25, -0.2) is 14.0 Å². The Labute approximate surface area is 151 Å². The summed E-state index contributed by atoms with van der Waals surface area (Å²) in [6.07, 6.45) is 1.51. The number of carbonyl (C=O) groups excluding carboxylic acids is 2. The molecule has 0 aromatic heterocycles. The van der Waals surface area contributed by atoms with Gasteiger partial charge in [0.05, 0.1) is 12.2 Å². The number of nitrogens with zero attached hydrogens (tertiary/aromatic N) is 1. The summed E-state index contributed by atoms with van der Waals surface area (Å²) in [6, 6.07) is 10.7. The Morgan fingerprint density at radius 3 is 2.65 bits per heavy atom. The lowest BCUT2D eigenvalue weighted by Crippen LogP contribution is -2.44.